The van der Waals surface area contributed by atoms with Crippen LogP contribution in [0.4, 0.5) is 0 Å². The topological polar surface area (TPSA) is 20.2 Å². The van der Waals surface area contributed by atoms with Crippen LogP contribution in [-0.4, -0.2) is 11.2 Å². The van der Waals surface area contributed by atoms with Crippen molar-refractivity contribution in [3.05, 3.63) is 0 Å². The number of aliphatic hydroxyl groups excluding tert-OH is 1. The number of hydrogen-bond donors (Lipinski definition) is 1. The van der Waals surface area contributed by atoms with E-state index in [1.165, 1.54) is 64.2 Å². The first kappa shape index (κ1) is 23.1. The van der Waals surface area contributed by atoms with E-state index in [4.69, 9.17) is 0 Å². The highest BCUT2D eigenvalue weighted by Gasteiger charge is 2.60. The van der Waals surface area contributed by atoms with Gasteiger partial charge in [-0.05, 0) is 122 Å². The lowest BCUT2D eigenvalue weighted by Crippen LogP contribution is -2.54. The van der Waals surface area contributed by atoms with Gasteiger partial charge in [0, 0.05) is 0 Å². The number of rotatable bonds is 6. The van der Waals surface area contributed by atoms with Gasteiger partial charge < -0.3 is 5.11 Å². The molecule has 0 aromatic rings. The van der Waals surface area contributed by atoms with Crippen molar-refractivity contribution in [1.82, 2.24) is 0 Å². The van der Waals surface area contributed by atoms with Gasteiger partial charge in [0.1, 0.15) is 0 Å². The minimum Gasteiger partial charge on any atom is -0.393 e. The monoisotopic (exact) mass is 416 g/mol. The molecule has 0 radical (unpaired) electrons. The SMILES string of the molecule is CC[C@@H](CC[C@@H](C)[C@H]1CCC2C3CC[C@H]4C[C@@H](O)CC[C@]4(C)C3CC[C@@]21C)C(C)C. The fourth-order valence-corrected chi connectivity index (χ4v) is 9.90. The Bertz CT molecular complexity index is 583. The van der Waals surface area contributed by atoms with Crippen molar-refractivity contribution in [2.45, 2.75) is 125 Å². The summed E-state index contributed by atoms with van der Waals surface area (Å²) >= 11 is 0. The highest BCUT2D eigenvalue weighted by atomic mass is 16.3. The van der Waals surface area contributed by atoms with E-state index in [1.54, 1.807) is 0 Å². The lowest BCUT2D eigenvalue weighted by Gasteiger charge is -2.61. The molecule has 1 heteroatoms. The average molecular weight is 417 g/mol. The van der Waals surface area contributed by atoms with Crippen LogP contribution in [0, 0.1) is 58.2 Å². The molecule has 0 aromatic heterocycles. The number of fused-ring (bicyclic) bond motifs is 5. The smallest absolute Gasteiger partial charge is 0.0543 e. The van der Waals surface area contributed by atoms with Crippen LogP contribution >= 0.6 is 0 Å². The molecule has 174 valence electrons. The first-order valence-corrected chi connectivity index (χ1v) is 13.9. The Morgan fingerprint density at radius 2 is 1.53 bits per heavy atom. The van der Waals surface area contributed by atoms with E-state index >= 15 is 0 Å². The number of aliphatic hydroxyl groups is 1. The van der Waals surface area contributed by atoms with Crippen LogP contribution in [0.15, 0.2) is 0 Å². The van der Waals surface area contributed by atoms with E-state index in [9.17, 15) is 5.11 Å². The van der Waals surface area contributed by atoms with E-state index in [-0.39, 0.29) is 6.10 Å². The van der Waals surface area contributed by atoms with Crippen LogP contribution in [0.3, 0.4) is 0 Å². The molecule has 0 aliphatic heterocycles. The molecule has 0 saturated heterocycles. The van der Waals surface area contributed by atoms with Crippen molar-refractivity contribution in [2.75, 3.05) is 0 Å². The van der Waals surface area contributed by atoms with Gasteiger partial charge in [-0.3, -0.25) is 0 Å². The van der Waals surface area contributed by atoms with Crippen LogP contribution < -0.4 is 0 Å². The van der Waals surface area contributed by atoms with Gasteiger partial charge in [-0.1, -0.05) is 54.4 Å². The van der Waals surface area contributed by atoms with E-state index in [0.29, 0.717) is 10.8 Å². The predicted molar refractivity (Wildman–Crippen MR) is 128 cm³/mol. The quantitative estimate of drug-likeness (QED) is 0.463. The van der Waals surface area contributed by atoms with Crippen molar-refractivity contribution in [2.24, 2.45) is 58.2 Å². The van der Waals surface area contributed by atoms with Crippen LogP contribution in [0.1, 0.15) is 119 Å². The van der Waals surface area contributed by atoms with E-state index < -0.39 is 0 Å². The molecule has 0 amide bonds. The Labute approximate surface area is 188 Å². The van der Waals surface area contributed by atoms with Gasteiger partial charge in [0.25, 0.3) is 0 Å². The summed E-state index contributed by atoms with van der Waals surface area (Å²) in [5, 5.41) is 10.3. The molecule has 0 spiro atoms. The molecule has 4 saturated carbocycles. The molecule has 0 heterocycles. The summed E-state index contributed by atoms with van der Waals surface area (Å²) in [5.74, 6) is 7.34. The molecule has 3 unspecified atom stereocenters. The molecule has 4 rings (SSSR count). The molecule has 0 aromatic carbocycles. The van der Waals surface area contributed by atoms with E-state index in [2.05, 4.69) is 41.5 Å². The van der Waals surface area contributed by atoms with Gasteiger partial charge in [0.2, 0.25) is 0 Å². The van der Waals surface area contributed by atoms with E-state index in [0.717, 1.165) is 60.2 Å². The first-order chi connectivity index (χ1) is 14.2. The van der Waals surface area contributed by atoms with Crippen molar-refractivity contribution in [3.63, 3.8) is 0 Å². The second kappa shape index (κ2) is 8.72. The molecule has 4 aliphatic rings. The minimum absolute atomic E-state index is 0.0111. The highest BCUT2D eigenvalue weighted by molar-refractivity contribution is 5.09. The van der Waals surface area contributed by atoms with Crippen molar-refractivity contribution in [3.8, 4) is 0 Å². The Balaban J connectivity index is 1.45. The first-order valence-electron chi connectivity index (χ1n) is 13.9. The van der Waals surface area contributed by atoms with Crippen molar-refractivity contribution >= 4 is 0 Å². The van der Waals surface area contributed by atoms with Crippen LogP contribution in [0.25, 0.3) is 0 Å². The Hall–Kier alpha value is -0.0400. The Kier molecular flexibility index (Phi) is 6.72. The zero-order chi connectivity index (χ0) is 21.7. The molecule has 0 bridgehead atoms. The van der Waals surface area contributed by atoms with Gasteiger partial charge in [-0.25, -0.2) is 0 Å². The Morgan fingerprint density at radius 1 is 0.833 bits per heavy atom. The average Bonchev–Trinajstić information content (AvgIpc) is 3.06. The molecular weight excluding hydrogens is 364 g/mol. The maximum absolute atomic E-state index is 10.3. The lowest BCUT2D eigenvalue weighted by molar-refractivity contribution is -0.129. The zero-order valence-corrected chi connectivity index (χ0v) is 21.1. The second-order valence-corrected chi connectivity index (χ2v) is 13.3. The summed E-state index contributed by atoms with van der Waals surface area (Å²) in [6.07, 6.45) is 16.5. The summed E-state index contributed by atoms with van der Waals surface area (Å²) in [7, 11) is 0. The third kappa shape index (κ3) is 3.82. The standard InChI is InChI=1S/C29H52O/c1-7-21(19(2)3)9-8-20(4)25-12-13-26-24-11-10-22-18-23(30)14-16-28(22,5)27(24)15-17-29(25,26)6/h19-27,30H,7-18H2,1-6H3/t20-,21+,22+,23+,24?,25-,26?,27?,28+,29-/m1/s1. The number of hydrogen-bond acceptors (Lipinski definition) is 1. The van der Waals surface area contributed by atoms with Crippen molar-refractivity contribution in [1.29, 1.82) is 0 Å². The second-order valence-electron chi connectivity index (χ2n) is 13.3. The normalized spacial score (nSPS) is 48.0. The fourth-order valence-electron chi connectivity index (χ4n) is 9.90. The van der Waals surface area contributed by atoms with Crippen LogP contribution in [0.2, 0.25) is 0 Å². The van der Waals surface area contributed by atoms with Crippen LogP contribution in [0.5, 0.6) is 0 Å². The maximum atomic E-state index is 10.3. The third-order valence-electron chi connectivity index (χ3n) is 11.9. The van der Waals surface area contributed by atoms with Crippen LogP contribution in [-0.2, 0) is 0 Å². The van der Waals surface area contributed by atoms with Gasteiger partial charge >= 0.3 is 0 Å². The molecule has 30 heavy (non-hydrogen) atoms. The molecule has 1 nitrogen and oxygen atoms in total. The molecule has 10 atom stereocenters. The summed E-state index contributed by atoms with van der Waals surface area (Å²) in [4.78, 5) is 0. The van der Waals surface area contributed by atoms with Gasteiger partial charge in [0.05, 0.1) is 6.10 Å². The highest BCUT2D eigenvalue weighted by Crippen LogP contribution is 2.68. The zero-order valence-electron chi connectivity index (χ0n) is 21.1. The predicted octanol–water partition coefficient (Wildman–Crippen LogP) is 8.10. The van der Waals surface area contributed by atoms with Gasteiger partial charge in [-0.15, -0.1) is 0 Å². The molecule has 1 N–H and O–H groups in total. The largest absolute Gasteiger partial charge is 0.393 e. The minimum atomic E-state index is -0.0111. The third-order valence-corrected chi connectivity index (χ3v) is 11.9. The lowest BCUT2D eigenvalue weighted by atomic mass is 9.44. The Morgan fingerprint density at radius 3 is 2.23 bits per heavy atom. The summed E-state index contributed by atoms with van der Waals surface area (Å²) in [6, 6.07) is 0. The maximum Gasteiger partial charge on any atom is 0.0543 e. The summed E-state index contributed by atoms with van der Waals surface area (Å²) in [5.41, 5.74) is 1.14. The van der Waals surface area contributed by atoms with Gasteiger partial charge in [-0.2, -0.15) is 0 Å². The molecular formula is C29H52O. The van der Waals surface area contributed by atoms with Gasteiger partial charge in [0.15, 0.2) is 0 Å². The summed E-state index contributed by atoms with van der Waals surface area (Å²) < 4.78 is 0. The van der Waals surface area contributed by atoms with Crippen molar-refractivity contribution < 1.29 is 5.11 Å². The molecule has 4 aliphatic carbocycles. The van der Waals surface area contributed by atoms with E-state index in [1.807, 2.05) is 0 Å². The summed E-state index contributed by atoms with van der Waals surface area (Å²) in [6.45, 7) is 15.2. The molecule has 4 fully saturated rings. The fraction of sp³-hybridized carbons (Fsp3) is 1.00.